The van der Waals surface area contributed by atoms with Crippen LogP contribution in [0, 0.1) is 0 Å². The highest BCUT2D eigenvalue weighted by Crippen LogP contribution is 2.30. The van der Waals surface area contributed by atoms with E-state index in [0.717, 1.165) is 23.2 Å². The zero-order chi connectivity index (χ0) is 19.1. The predicted molar refractivity (Wildman–Crippen MR) is 117 cm³/mol. The van der Waals surface area contributed by atoms with Crippen molar-refractivity contribution in [1.82, 2.24) is 9.55 Å². The van der Waals surface area contributed by atoms with Gasteiger partial charge in [0, 0.05) is 33.7 Å². The predicted octanol–water partition coefficient (Wildman–Crippen LogP) is 6.24. The lowest BCUT2D eigenvalue weighted by atomic mass is 10.1. The maximum Gasteiger partial charge on any atom is 0.141 e. The first-order valence-electron chi connectivity index (χ1n) is 9.52. The molecule has 2 heterocycles. The van der Waals surface area contributed by atoms with Crippen LogP contribution in [0.2, 0.25) is 0 Å². The summed E-state index contributed by atoms with van der Waals surface area (Å²) >= 11 is 0. The fourth-order valence-electron chi connectivity index (χ4n) is 3.94. The van der Waals surface area contributed by atoms with E-state index in [-0.39, 0.29) is 5.75 Å². The molecule has 0 aliphatic carbocycles. The van der Waals surface area contributed by atoms with Gasteiger partial charge in [0.2, 0.25) is 0 Å². The maximum absolute atomic E-state index is 10.0. The highest BCUT2D eigenvalue weighted by molar-refractivity contribution is 6.08. The number of aromatic nitrogens is 2. The Balaban J connectivity index is 1.58. The number of rotatable bonds is 3. The molecule has 0 aliphatic heterocycles. The van der Waals surface area contributed by atoms with Crippen molar-refractivity contribution < 1.29 is 5.11 Å². The Morgan fingerprint density at radius 2 is 1.71 bits per heavy atom. The van der Waals surface area contributed by atoms with Crippen molar-refractivity contribution in [2.75, 3.05) is 0 Å². The van der Waals surface area contributed by atoms with Crippen LogP contribution < -0.4 is 0 Å². The molecule has 1 N–H and O–H groups in total. The highest BCUT2D eigenvalue weighted by atomic mass is 16.3. The molecule has 0 aliphatic rings. The molecule has 0 fully saturated rings. The molecular formula is C25H20N2O. The Bertz CT molecular complexity index is 1360. The molecule has 28 heavy (non-hydrogen) atoms. The quantitative estimate of drug-likeness (QED) is 0.411. The van der Waals surface area contributed by atoms with Gasteiger partial charge in [-0.25, -0.2) is 4.98 Å². The Morgan fingerprint density at radius 3 is 2.61 bits per heavy atom. The van der Waals surface area contributed by atoms with Crippen molar-refractivity contribution in [3.63, 3.8) is 0 Å². The summed E-state index contributed by atoms with van der Waals surface area (Å²) in [4.78, 5) is 4.58. The van der Waals surface area contributed by atoms with E-state index in [1.165, 1.54) is 21.8 Å². The number of pyridine rings is 1. The zero-order valence-electron chi connectivity index (χ0n) is 15.6. The maximum atomic E-state index is 10.0. The minimum atomic E-state index is 0.210. The van der Waals surface area contributed by atoms with Crippen LogP contribution in [0.1, 0.15) is 18.2 Å². The summed E-state index contributed by atoms with van der Waals surface area (Å²) < 4.78 is 2.35. The minimum Gasteiger partial charge on any atom is -0.506 e. The fourth-order valence-corrected chi connectivity index (χ4v) is 3.94. The molecule has 0 spiro atoms. The first-order valence-corrected chi connectivity index (χ1v) is 9.52. The number of fused-ring (bicyclic) bond motifs is 4. The van der Waals surface area contributed by atoms with Crippen LogP contribution in [-0.4, -0.2) is 14.7 Å². The van der Waals surface area contributed by atoms with Gasteiger partial charge in [0.1, 0.15) is 11.3 Å². The average molecular weight is 364 g/mol. The van der Waals surface area contributed by atoms with Crippen molar-refractivity contribution >= 4 is 44.9 Å². The minimum absolute atomic E-state index is 0.210. The largest absolute Gasteiger partial charge is 0.506 e. The van der Waals surface area contributed by atoms with Gasteiger partial charge in [0.15, 0.2) is 0 Å². The Kier molecular flexibility index (Phi) is 3.87. The monoisotopic (exact) mass is 364 g/mol. The summed E-state index contributed by atoms with van der Waals surface area (Å²) in [7, 11) is 0. The summed E-state index contributed by atoms with van der Waals surface area (Å²) in [5.74, 6) is 0.210. The summed E-state index contributed by atoms with van der Waals surface area (Å²) in [5.41, 5.74) is 5.12. The molecule has 0 saturated heterocycles. The van der Waals surface area contributed by atoms with Crippen molar-refractivity contribution in [2.45, 2.75) is 13.5 Å². The van der Waals surface area contributed by atoms with Gasteiger partial charge in [0.05, 0.1) is 5.69 Å². The van der Waals surface area contributed by atoms with Gasteiger partial charge in [-0.05, 0) is 48.9 Å². The molecule has 136 valence electrons. The number of phenolic OH excluding ortho intramolecular Hbond substituents is 1. The van der Waals surface area contributed by atoms with E-state index < -0.39 is 0 Å². The Morgan fingerprint density at radius 1 is 0.857 bits per heavy atom. The second kappa shape index (κ2) is 6.54. The standard InChI is InChI=1S/C25H20N2O/c1-2-27-22-8-4-3-7-20(22)21-16-17(11-15-23(21)27)10-13-19-14-12-18-6-5-9-24(28)25(18)26-19/h3-16,28H,2H2,1H3/b13-10+. The van der Waals surface area contributed by atoms with E-state index in [1.807, 2.05) is 30.3 Å². The molecular weight excluding hydrogens is 344 g/mol. The third kappa shape index (κ3) is 2.64. The van der Waals surface area contributed by atoms with Gasteiger partial charge in [-0.15, -0.1) is 0 Å². The summed E-state index contributed by atoms with van der Waals surface area (Å²) in [6.07, 6.45) is 4.07. The van der Waals surface area contributed by atoms with Crippen LogP contribution in [0.5, 0.6) is 5.75 Å². The number of hydrogen-bond acceptors (Lipinski definition) is 2. The van der Waals surface area contributed by atoms with Gasteiger partial charge < -0.3 is 9.67 Å². The second-order valence-electron chi connectivity index (χ2n) is 6.96. The summed E-state index contributed by atoms with van der Waals surface area (Å²) in [5, 5.41) is 13.5. The molecule has 0 bridgehead atoms. The molecule has 3 heteroatoms. The third-order valence-corrected chi connectivity index (χ3v) is 5.28. The topological polar surface area (TPSA) is 38.0 Å². The smallest absolute Gasteiger partial charge is 0.141 e. The number of hydrogen-bond donors (Lipinski definition) is 1. The fraction of sp³-hybridized carbons (Fsp3) is 0.0800. The van der Waals surface area contributed by atoms with E-state index in [9.17, 15) is 5.11 Å². The Labute approximate surface area is 163 Å². The van der Waals surface area contributed by atoms with Gasteiger partial charge in [-0.3, -0.25) is 0 Å². The van der Waals surface area contributed by atoms with Crippen LogP contribution in [0.25, 0.3) is 44.9 Å². The average Bonchev–Trinajstić information content (AvgIpc) is 3.06. The molecule has 3 nitrogen and oxygen atoms in total. The zero-order valence-corrected chi connectivity index (χ0v) is 15.6. The summed E-state index contributed by atoms with van der Waals surface area (Å²) in [6.45, 7) is 3.13. The van der Waals surface area contributed by atoms with Crippen LogP contribution in [0.3, 0.4) is 0 Å². The van der Waals surface area contributed by atoms with Gasteiger partial charge in [-0.1, -0.05) is 48.5 Å². The van der Waals surface area contributed by atoms with E-state index in [1.54, 1.807) is 6.07 Å². The highest BCUT2D eigenvalue weighted by Gasteiger charge is 2.09. The SMILES string of the molecule is CCn1c2ccccc2c2cc(/C=C/c3ccc4cccc(O)c4n3)ccc21. The van der Waals surface area contributed by atoms with E-state index in [2.05, 4.69) is 65.0 Å². The number of aryl methyl sites for hydroxylation is 1. The molecule has 0 unspecified atom stereocenters. The summed E-state index contributed by atoms with van der Waals surface area (Å²) in [6, 6.07) is 24.5. The van der Waals surface area contributed by atoms with Crippen molar-refractivity contribution in [3.05, 3.63) is 84.1 Å². The Hall–Kier alpha value is -3.59. The first kappa shape index (κ1) is 16.6. The number of nitrogens with zero attached hydrogens (tertiary/aromatic N) is 2. The molecule has 2 aromatic heterocycles. The van der Waals surface area contributed by atoms with E-state index in [4.69, 9.17) is 0 Å². The molecule has 3 aromatic carbocycles. The molecule has 5 rings (SSSR count). The van der Waals surface area contributed by atoms with Crippen LogP contribution >= 0.6 is 0 Å². The second-order valence-corrected chi connectivity index (χ2v) is 6.96. The van der Waals surface area contributed by atoms with Crippen molar-refractivity contribution in [1.29, 1.82) is 0 Å². The van der Waals surface area contributed by atoms with Crippen molar-refractivity contribution in [2.24, 2.45) is 0 Å². The molecule has 0 radical (unpaired) electrons. The molecule has 5 aromatic rings. The lowest BCUT2D eigenvalue weighted by Crippen LogP contribution is -1.92. The van der Waals surface area contributed by atoms with Crippen molar-refractivity contribution in [3.8, 4) is 5.75 Å². The number of phenols is 1. The van der Waals surface area contributed by atoms with E-state index >= 15 is 0 Å². The molecule has 0 amide bonds. The third-order valence-electron chi connectivity index (χ3n) is 5.28. The number of benzene rings is 3. The normalized spacial score (nSPS) is 11.9. The first-order chi connectivity index (χ1) is 13.7. The van der Waals surface area contributed by atoms with Crippen LogP contribution in [-0.2, 0) is 6.54 Å². The molecule has 0 saturated carbocycles. The van der Waals surface area contributed by atoms with Gasteiger partial charge in [-0.2, -0.15) is 0 Å². The number of aromatic hydroxyl groups is 1. The van der Waals surface area contributed by atoms with E-state index in [0.29, 0.717) is 5.52 Å². The lowest BCUT2D eigenvalue weighted by molar-refractivity contribution is 0.480. The lowest BCUT2D eigenvalue weighted by Gasteiger charge is -2.03. The van der Waals surface area contributed by atoms with Gasteiger partial charge in [0.25, 0.3) is 0 Å². The van der Waals surface area contributed by atoms with Crippen LogP contribution in [0.4, 0.5) is 0 Å². The number of para-hydroxylation sites is 2. The van der Waals surface area contributed by atoms with Crippen LogP contribution in [0.15, 0.2) is 72.8 Å². The molecule has 0 atom stereocenters. The van der Waals surface area contributed by atoms with Gasteiger partial charge >= 0.3 is 0 Å².